The van der Waals surface area contributed by atoms with Crippen molar-refractivity contribution in [2.75, 3.05) is 5.32 Å². The van der Waals surface area contributed by atoms with Gasteiger partial charge in [-0.05, 0) is 38.1 Å². The number of hydrogen-bond donors (Lipinski definition) is 2. The van der Waals surface area contributed by atoms with Crippen molar-refractivity contribution in [2.24, 2.45) is 0 Å². The number of benzene rings is 1. The first kappa shape index (κ1) is 18.3. The van der Waals surface area contributed by atoms with Crippen LogP contribution < -0.4 is 15.4 Å². The molecule has 1 amide bonds. The molecule has 30 heavy (non-hydrogen) atoms. The summed E-state index contributed by atoms with van der Waals surface area (Å²) in [5.41, 5.74) is 3.72. The third-order valence-electron chi connectivity index (χ3n) is 5.20. The normalized spacial score (nSPS) is 12.9. The van der Waals surface area contributed by atoms with Crippen LogP contribution in [0.15, 0.2) is 42.9 Å². The Labute approximate surface area is 172 Å². The van der Waals surface area contributed by atoms with Crippen LogP contribution in [-0.4, -0.2) is 30.3 Å². The van der Waals surface area contributed by atoms with Crippen LogP contribution in [0.25, 0.3) is 10.9 Å². The molecular weight excluding hydrogens is 382 g/mol. The standard InChI is InChI=1S/C21H21N7O2/c1-3-28-13(2)8-19(26-28)25-21(29)27-7-6-14-9-15(4-5-18(14)27)30-20-16-10-22-11-17(16)23-12-24-20/h4-9,12,22H,3,10-11H2,1-2H3,(H,25,26,29). The van der Waals surface area contributed by atoms with Gasteiger partial charge in [0.15, 0.2) is 5.82 Å². The van der Waals surface area contributed by atoms with Crippen LogP contribution in [0.1, 0.15) is 23.9 Å². The van der Waals surface area contributed by atoms with Crippen molar-refractivity contribution in [2.45, 2.75) is 33.5 Å². The Morgan fingerprint density at radius 1 is 1.23 bits per heavy atom. The van der Waals surface area contributed by atoms with Crippen LogP contribution in [-0.2, 0) is 19.6 Å². The topological polar surface area (TPSA) is 98.9 Å². The van der Waals surface area contributed by atoms with E-state index < -0.39 is 0 Å². The number of ether oxygens (including phenoxy) is 1. The van der Waals surface area contributed by atoms with Gasteiger partial charge in [0.25, 0.3) is 0 Å². The number of hydrogen-bond acceptors (Lipinski definition) is 6. The molecule has 0 fully saturated rings. The first-order valence-electron chi connectivity index (χ1n) is 9.80. The van der Waals surface area contributed by atoms with Crippen molar-refractivity contribution in [1.29, 1.82) is 0 Å². The number of carbonyl (C=O) groups is 1. The average Bonchev–Trinajstić information content (AvgIpc) is 3.46. The minimum atomic E-state index is -0.265. The third kappa shape index (κ3) is 3.18. The van der Waals surface area contributed by atoms with E-state index in [1.807, 2.05) is 48.9 Å². The second-order valence-electron chi connectivity index (χ2n) is 7.13. The lowest BCUT2D eigenvalue weighted by atomic mass is 10.2. The summed E-state index contributed by atoms with van der Waals surface area (Å²) in [5, 5.41) is 11.4. The van der Waals surface area contributed by atoms with Crippen molar-refractivity contribution in [3.8, 4) is 11.6 Å². The largest absolute Gasteiger partial charge is 0.439 e. The highest BCUT2D eigenvalue weighted by Gasteiger charge is 2.18. The van der Waals surface area contributed by atoms with Gasteiger partial charge in [0.2, 0.25) is 5.88 Å². The van der Waals surface area contributed by atoms with E-state index >= 15 is 0 Å². The maximum absolute atomic E-state index is 12.7. The molecule has 1 aliphatic rings. The van der Waals surface area contributed by atoms with Crippen LogP contribution in [0.2, 0.25) is 0 Å². The molecule has 9 heteroatoms. The highest BCUT2D eigenvalue weighted by atomic mass is 16.5. The molecule has 0 atom stereocenters. The molecule has 2 N–H and O–H groups in total. The summed E-state index contributed by atoms with van der Waals surface area (Å²) in [6.45, 7) is 6.14. The summed E-state index contributed by atoms with van der Waals surface area (Å²) >= 11 is 0. The number of anilines is 1. The van der Waals surface area contributed by atoms with E-state index in [2.05, 4.69) is 25.7 Å². The molecule has 0 spiro atoms. The monoisotopic (exact) mass is 403 g/mol. The second kappa shape index (κ2) is 7.27. The quantitative estimate of drug-likeness (QED) is 0.542. The summed E-state index contributed by atoms with van der Waals surface area (Å²) < 4.78 is 9.41. The molecule has 0 saturated heterocycles. The molecule has 4 heterocycles. The summed E-state index contributed by atoms with van der Waals surface area (Å²) in [6, 6.07) is 9.06. The van der Waals surface area contributed by atoms with E-state index in [0.29, 0.717) is 24.0 Å². The zero-order valence-corrected chi connectivity index (χ0v) is 16.7. The summed E-state index contributed by atoms with van der Waals surface area (Å²) in [5.74, 6) is 1.75. The van der Waals surface area contributed by atoms with Gasteiger partial charge in [0.05, 0.1) is 16.8 Å². The molecule has 0 unspecified atom stereocenters. The average molecular weight is 403 g/mol. The molecule has 1 aliphatic heterocycles. The number of carbonyl (C=O) groups excluding carboxylic acids is 1. The molecule has 0 radical (unpaired) electrons. The molecule has 9 nitrogen and oxygen atoms in total. The highest BCUT2D eigenvalue weighted by Crippen LogP contribution is 2.29. The van der Waals surface area contributed by atoms with Gasteiger partial charge in [-0.25, -0.2) is 14.8 Å². The molecule has 1 aromatic carbocycles. The van der Waals surface area contributed by atoms with Gasteiger partial charge < -0.3 is 10.1 Å². The van der Waals surface area contributed by atoms with Crippen molar-refractivity contribution >= 4 is 22.8 Å². The maximum atomic E-state index is 12.7. The lowest BCUT2D eigenvalue weighted by molar-refractivity contribution is 0.254. The maximum Gasteiger partial charge on any atom is 0.331 e. The summed E-state index contributed by atoms with van der Waals surface area (Å²) in [6.07, 6.45) is 3.25. The molecule has 5 rings (SSSR count). The Morgan fingerprint density at radius 3 is 2.97 bits per heavy atom. The Kier molecular flexibility index (Phi) is 4.44. The molecule has 0 saturated carbocycles. The van der Waals surface area contributed by atoms with Crippen LogP contribution in [0, 0.1) is 6.92 Å². The Bertz CT molecular complexity index is 1260. The minimum absolute atomic E-state index is 0.265. The smallest absolute Gasteiger partial charge is 0.331 e. The van der Waals surface area contributed by atoms with Gasteiger partial charge in [-0.1, -0.05) is 0 Å². The molecule has 0 bridgehead atoms. The predicted molar refractivity (Wildman–Crippen MR) is 112 cm³/mol. The molecule has 3 aromatic heterocycles. The second-order valence-corrected chi connectivity index (χ2v) is 7.13. The van der Waals surface area contributed by atoms with E-state index in [-0.39, 0.29) is 6.03 Å². The van der Waals surface area contributed by atoms with Gasteiger partial charge >= 0.3 is 6.03 Å². The van der Waals surface area contributed by atoms with Crippen molar-refractivity contribution in [3.05, 3.63) is 59.8 Å². The number of nitrogens with zero attached hydrogens (tertiary/aromatic N) is 5. The Balaban J connectivity index is 1.38. The van der Waals surface area contributed by atoms with Crippen molar-refractivity contribution in [1.82, 2.24) is 29.6 Å². The fraction of sp³-hybridized carbons (Fsp3) is 0.238. The minimum Gasteiger partial charge on any atom is -0.439 e. The van der Waals surface area contributed by atoms with Crippen LogP contribution >= 0.6 is 0 Å². The first-order valence-corrected chi connectivity index (χ1v) is 9.80. The summed E-state index contributed by atoms with van der Waals surface area (Å²) in [7, 11) is 0. The fourth-order valence-corrected chi connectivity index (χ4v) is 3.69. The molecule has 152 valence electrons. The van der Waals surface area contributed by atoms with E-state index in [0.717, 1.165) is 40.9 Å². The molecular formula is C21H21N7O2. The molecule has 4 aromatic rings. The van der Waals surface area contributed by atoms with Gasteiger partial charge in [0.1, 0.15) is 12.1 Å². The SMILES string of the molecule is CCn1nc(NC(=O)n2ccc3cc(Oc4ncnc5c4CNC5)ccc32)cc1C. The zero-order valence-electron chi connectivity index (χ0n) is 16.7. The highest BCUT2D eigenvalue weighted by molar-refractivity contribution is 5.98. The van der Waals surface area contributed by atoms with E-state index in [4.69, 9.17) is 4.74 Å². The van der Waals surface area contributed by atoms with Crippen LogP contribution in [0.5, 0.6) is 11.6 Å². The van der Waals surface area contributed by atoms with Gasteiger partial charge in [-0.2, -0.15) is 5.10 Å². The molecule has 0 aliphatic carbocycles. The van der Waals surface area contributed by atoms with E-state index in [1.54, 1.807) is 10.8 Å². The van der Waals surface area contributed by atoms with Crippen LogP contribution in [0.3, 0.4) is 0 Å². The predicted octanol–water partition coefficient (Wildman–Crippen LogP) is 3.43. The van der Waals surface area contributed by atoms with Crippen molar-refractivity contribution in [3.63, 3.8) is 0 Å². The number of amides is 1. The Hall–Kier alpha value is -3.72. The van der Waals surface area contributed by atoms with E-state index in [9.17, 15) is 4.79 Å². The first-order chi connectivity index (χ1) is 14.6. The third-order valence-corrected chi connectivity index (χ3v) is 5.20. The van der Waals surface area contributed by atoms with Gasteiger partial charge in [-0.3, -0.25) is 14.6 Å². The lowest BCUT2D eigenvalue weighted by Gasteiger charge is -2.09. The number of aromatic nitrogens is 5. The van der Waals surface area contributed by atoms with Gasteiger partial charge in [-0.15, -0.1) is 0 Å². The lowest BCUT2D eigenvalue weighted by Crippen LogP contribution is -2.18. The summed E-state index contributed by atoms with van der Waals surface area (Å²) in [4.78, 5) is 21.3. The van der Waals surface area contributed by atoms with E-state index in [1.165, 1.54) is 6.33 Å². The zero-order chi connectivity index (χ0) is 20.7. The van der Waals surface area contributed by atoms with Crippen LogP contribution in [0.4, 0.5) is 10.6 Å². The number of fused-ring (bicyclic) bond motifs is 2. The van der Waals surface area contributed by atoms with Crippen molar-refractivity contribution < 1.29 is 9.53 Å². The Morgan fingerprint density at radius 2 is 2.13 bits per heavy atom. The number of rotatable bonds is 4. The number of nitrogens with one attached hydrogen (secondary N) is 2. The van der Waals surface area contributed by atoms with Gasteiger partial charge in [0, 0.05) is 43.0 Å². The fourth-order valence-electron chi connectivity index (χ4n) is 3.69. The number of aryl methyl sites for hydroxylation is 2.